The number of aryl methyl sites for hydroxylation is 1. The van der Waals surface area contributed by atoms with Crippen LogP contribution in [0.5, 0.6) is 0 Å². The summed E-state index contributed by atoms with van der Waals surface area (Å²) < 4.78 is 5.31. The molecule has 1 aliphatic rings. The monoisotopic (exact) mass is 277 g/mol. The van der Waals surface area contributed by atoms with Gasteiger partial charge in [0.15, 0.2) is 0 Å². The molecule has 2 rings (SSSR count). The van der Waals surface area contributed by atoms with Gasteiger partial charge in [-0.3, -0.25) is 9.69 Å². The first-order valence-corrected chi connectivity index (χ1v) is 7.03. The average Bonchev–Trinajstić information content (AvgIpc) is 2.39. The van der Waals surface area contributed by atoms with Gasteiger partial charge < -0.3 is 15.8 Å². The van der Waals surface area contributed by atoms with Gasteiger partial charge in [0.2, 0.25) is 0 Å². The minimum absolute atomic E-state index is 0.0845. The summed E-state index contributed by atoms with van der Waals surface area (Å²) in [5, 5.41) is 3.00. The number of ether oxygens (including phenoxy) is 1. The first-order chi connectivity index (χ1) is 9.56. The van der Waals surface area contributed by atoms with Crippen LogP contribution < -0.4 is 11.1 Å². The number of carbonyl (C=O) groups is 1. The summed E-state index contributed by atoms with van der Waals surface area (Å²) in [7, 11) is 0. The molecule has 1 aromatic rings. The van der Waals surface area contributed by atoms with Gasteiger partial charge in [0.05, 0.1) is 18.8 Å². The molecule has 0 radical (unpaired) electrons. The van der Waals surface area contributed by atoms with Crippen molar-refractivity contribution >= 4 is 11.6 Å². The van der Waals surface area contributed by atoms with Crippen LogP contribution in [0.2, 0.25) is 0 Å². The van der Waals surface area contributed by atoms with Crippen LogP contribution in [0, 0.1) is 6.92 Å². The maximum atomic E-state index is 12.2. The number of anilines is 1. The maximum absolute atomic E-state index is 12.2. The molecule has 1 heterocycles. The molecule has 1 aliphatic heterocycles. The van der Waals surface area contributed by atoms with E-state index in [2.05, 4.69) is 10.2 Å². The molecular formula is C15H23N3O2. The second-order valence-corrected chi connectivity index (χ2v) is 5.38. The lowest BCUT2D eigenvalue weighted by atomic mass is 10.1. The summed E-state index contributed by atoms with van der Waals surface area (Å²) in [5.74, 6) is -0.108. The van der Waals surface area contributed by atoms with Gasteiger partial charge in [-0.05, 0) is 31.5 Å². The molecule has 20 heavy (non-hydrogen) atoms. The van der Waals surface area contributed by atoms with Crippen molar-refractivity contribution in [3.05, 3.63) is 29.3 Å². The fourth-order valence-electron chi connectivity index (χ4n) is 2.41. The van der Waals surface area contributed by atoms with Gasteiger partial charge in [0.1, 0.15) is 0 Å². The molecule has 0 bridgehead atoms. The second kappa shape index (κ2) is 6.72. The molecule has 0 saturated carbocycles. The minimum Gasteiger partial charge on any atom is -0.398 e. The van der Waals surface area contributed by atoms with E-state index >= 15 is 0 Å². The van der Waals surface area contributed by atoms with Gasteiger partial charge in [0.25, 0.3) is 5.91 Å². The molecule has 0 aromatic heterocycles. The van der Waals surface area contributed by atoms with E-state index in [1.807, 2.05) is 26.0 Å². The van der Waals surface area contributed by atoms with Crippen LogP contribution in [-0.2, 0) is 4.74 Å². The third-order valence-corrected chi connectivity index (χ3v) is 3.46. The van der Waals surface area contributed by atoms with Gasteiger partial charge in [-0.15, -0.1) is 0 Å². The summed E-state index contributed by atoms with van der Waals surface area (Å²) in [6, 6.07) is 5.59. The third-order valence-electron chi connectivity index (χ3n) is 3.46. The fourth-order valence-corrected chi connectivity index (χ4v) is 2.41. The SMILES string of the molecule is Cc1ccc(C(=O)NC(C)CN2CCOCC2)c(N)c1. The normalized spacial score (nSPS) is 17.7. The van der Waals surface area contributed by atoms with Gasteiger partial charge in [-0.25, -0.2) is 0 Å². The fraction of sp³-hybridized carbons (Fsp3) is 0.533. The Morgan fingerprint density at radius 1 is 1.45 bits per heavy atom. The topological polar surface area (TPSA) is 67.6 Å². The van der Waals surface area contributed by atoms with Crippen LogP contribution in [-0.4, -0.2) is 49.7 Å². The summed E-state index contributed by atoms with van der Waals surface area (Å²) in [4.78, 5) is 14.5. The molecule has 5 heteroatoms. The Hall–Kier alpha value is -1.59. The van der Waals surface area contributed by atoms with E-state index in [-0.39, 0.29) is 11.9 Å². The zero-order chi connectivity index (χ0) is 14.5. The predicted molar refractivity (Wildman–Crippen MR) is 79.8 cm³/mol. The van der Waals surface area contributed by atoms with E-state index in [4.69, 9.17) is 10.5 Å². The number of rotatable bonds is 4. The number of nitrogens with one attached hydrogen (secondary N) is 1. The van der Waals surface area contributed by atoms with Crippen LogP contribution in [0.3, 0.4) is 0 Å². The highest BCUT2D eigenvalue weighted by molar-refractivity contribution is 5.99. The molecule has 3 N–H and O–H groups in total. The van der Waals surface area contributed by atoms with Gasteiger partial charge in [0, 0.05) is 31.4 Å². The number of nitrogens with two attached hydrogens (primary N) is 1. The Bertz CT molecular complexity index is 470. The molecule has 0 aliphatic carbocycles. The number of benzene rings is 1. The summed E-state index contributed by atoms with van der Waals surface area (Å²) in [6.45, 7) is 8.19. The summed E-state index contributed by atoms with van der Waals surface area (Å²) >= 11 is 0. The number of hydrogen-bond acceptors (Lipinski definition) is 4. The molecule has 1 atom stereocenters. The second-order valence-electron chi connectivity index (χ2n) is 5.38. The molecule has 1 fully saturated rings. The van der Waals surface area contributed by atoms with Crippen LogP contribution in [0.1, 0.15) is 22.8 Å². The van der Waals surface area contributed by atoms with Crippen molar-refractivity contribution in [2.24, 2.45) is 0 Å². The summed E-state index contributed by atoms with van der Waals surface area (Å²) in [6.07, 6.45) is 0. The Balaban J connectivity index is 1.89. The van der Waals surface area contributed by atoms with Crippen LogP contribution >= 0.6 is 0 Å². The number of nitrogen functional groups attached to an aromatic ring is 1. The Morgan fingerprint density at radius 2 is 2.15 bits per heavy atom. The highest BCUT2D eigenvalue weighted by Gasteiger charge is 2.17. The van der Waals surface area contributed by atoms with Gasteiger partial charge in [-0.2, -0.15) is 0 Å². The zero-order valence-electron chi connectivity index (χ0n) is 12.2. The van der Waals surface area contributed by atoms with Crippen molar-refractivity contribution in [3.8, 4) is 0 Å². The van der Waals surface area contributed by atoms with E-state index in [0.29, 0.717) is 11.3 Å². The Morgan fingerprint density at radius 3 is 2.80 bits per heavy atom. The third kappa shape index (κ3) is 3.95. The summed E-state index contributed by atoms with van der Waals surface area (Å²) in [5.41, 5.74) is 8.02. The Kier molecular flexibility index (Phi) is 4.98. The Labute approximate surface area is 120 Å². The van der Waals surface area contributed by atoms with Crippen LogP contribution in [0.15, 0.2) is 18.2 Å². The van der Waals surface area contributed by atoms with E-state index in [9.17, 15) is 4.79 Å². The molecule has 1 saturated heterocycles. The van der Waals surface area contributed by atoms with Crippen LogP contribution in [0.4, 0.5) is 5.69 Å². The highest BCUT2D eigenvalue weighted by atomic mass is 16.5. The zero-order valence-corrected chi connectivity index (χ0v) is 12.2. The number of hydrogen-bond donors (Lipinski definition) is 2. The lowest BCUT2D eigenvalue weighted by molar-refractivity contribution is 0.0342. The lowest BCUT2D eigenvalue weighted by Gasteiger charge is -2.29. The largest absolute Gasteiger partial charge is 0.398 e. The first-order valence-electron chi connectivity index (χ1n) is 7.03. The number of morpholine rings is 1. The van der Waals surface area contributed by atoms with Crippen molar-refractivity contribution in [2.45, 2.75) is 19.9 Å². The molecule has 1 amide bonds. The lowest BCUT2D eigenvalue weighted by Crippen LogP contribution is -2.46. The predicted octanol–water partition coefficient (Wildman–Crippen LogP) is 1.03. The van der Waals surface area contributed by atoms with Crippen molar-refractivity contribution in [2.75, 3.05) is 38.6 Å². The molecule has 1 unspecified atom stereocenters. The van der Waals surface area contributed by atoms with Crippen molar-refractivity contribution in [3.63, 3.8) is 0 Å². The van der Waals surface area contributed by atoms with E-state index in [1.165, 1.54) is 0 Å². The molecule has 5 nitrogen and oxygen atoms in total. The first kappa shape index (κ1) is 14.8. The number of carbonyl (C=O) groups excluding carboxylic acids is 1. The van der Waals surface area contributed by atoms with Gasteiger partial charge in [-0.1, -0.05) is 6.07 Å². The minimum atomic E-state index is -0.108. The number of nitrogens with zero attached hydrogens (tertiary/aromatic N) is 1. The van der Waals surface area contributed by atoms with E-state index in [0.717, 1.165) is 38.4 Å². The molecule has 110 valence electrons. The van der Waals surface area contributed by atoms with E-state index in [1.54, 1.807) is 6.07 Å². The average molecular weight is 277 g/mol. The van der Waals surface area contributed by atoms with E-state index < -0.39 is 0 Å². The van der Waals surface area contributed by atoms with Crippen molar-refractivity contribution < 1.29 is 9.53 Å². The highest BCUT2D eigenvalue weighted by Crippen LogP contribution is 2.13. The van der Waals surface area contributed by atoms with Crippen LogP contribution in [0.25, 0.3) is 0 Å². The molecular weight excluding hydrogens is 254 g/mol. The smallest absolute Gasteiger partial charge is 0.253 e. The number of amides is 1. The maximum Gasteiger partial charge on any atom is 0.253 e. The molecule has 0 spiro atoms. The quantitative estimate of drug-likeness (QED) is 0.807. The van der Waals surface area contributed by atoms with Crippen molar-refractivity contribution in [1.82, 2.24) is 10.2 Å². The standard InChI is InChI=1S/C15H23N3O2/c1-11-3-4-13(14(16)9-11)15(19)17-12(2)10-18-5-7-20-8-6-18/h3-4,9,12H,5-8,10,16H2,1-2H3,(H,17,19). The van der Waals surface area contributed by atoms with Gasteiger partial charge >= 0.3 is 0 Å². The molecule has 1 aromatic carbocycles. The van der Waals surface area contributed by atoms with Crippen molar-refractivity contribution in [1.29, 1.82) is 0 Å².